The number of fused-ring (bicyclic) bond motifs is 1. The normalized spacial score (nSPS) is 13.7. The summed E-state index contributed by atoms with van der Waals surface area (Å²) in [5, 5.41) is 9.14. The molecule has 108 valence electrons. The zero-order valence-corrected chi connectivity index (χ0v) is 12.6. The van der Waals surface area contributed by atoms with E-state index in [1.54, 1.807) is 0 Å². The molecule has 0 unspecified atom stereocenters. The largest absolute Gasteiger partial charge is 0.398 e. The lowest BCUT2D eigenvalue weighted by atomic mass is 10.2. The fourth-order valence-electron chi connectivity index (χ4n) is 2.27. The average Bonchev–Trinajstić information content (AvgIpc) is 2.98. The molecule has 0 spiro atoms. The third-order valence-corrected chi connectivity index (χ3v) is 5.86. The highest BCUT2D eigenvalue weighted by molar-refractivity contribution is 7.93. The van der Waals surface area contributed by atoms with Crippen LogP contribution in [0.2, 0.25) is 0 Å². The van der Waals surface area contributed by atoms with Gasteiger partial charge in [-0.3, -0.25) is 4.72 Å². The maximum Gasteiger partial charge on any atom is 0.265 e. The highest BCUT2D eigenvalue weighted by Crippen LogP contribution is 2.32. The van der Waals surface area contributed by atoms with Crippen LogP contribution in [0.4, 0.5) is 10.8 Å². The molecular weight excluding hydrogens is 308 g/mol. The van der Waals surface area contributed by atoms with Crippen molar-refractivity contribution in [1.29, 1.82) is 5.26 Å². The summed E-state index contributed by atoms with van der Waals surface area (Å²) >= 11 is 1.36. The second-order valence-electron chi connectivity index (χ2n) is 4.71. The standard InChI is InChI=1S/C13H12N4O2S2/c14-7-8-4-5-12(9(15)6-8)21(18,19)17-13-16-10-2-1-3-11(10)20-13/h4-6H,1-3,15H2,(H,16,17). The van der Waals surface area contributed by atoms with Crippen molar-refractivity contribution in [2.75, 3.05) is 10.5 Å². The Bertz CT molecular complexity index is 828. The van der Waals surface area contributed by atoms with E-state index in [2.05, 4.69) is 9.71 Å². The van der Waals surface area contributed by atoms with Crippen LogP contribution in [0, 0.1) is 11.3 Å². The number of thiazole rings is 1. The third kappa shape index (κ3) is 2.57. The van der Waals surface area contributed by atoms with Crippen LogP contribution in [0.3, 0.4) is 0 Å². The second-order valence-corrected chi connectivity index (χ2v) is 7.45. The molecule has 6 nitrogen and oxygen atoms in total. The molecule has 0 atom stereocenters. The Morgan fingerprint density at radius 2 is 2.19 bits per heavy atom. The smallest absolute Gasteiger partial charge is 0.265 e. The fourth-order valence-corrected chi connectivity index (χ4v) is 4.67. The maximum absolute atomic E-state index is 12.3. The van der Waals surface area contributed by atoms with Crippen LogP contribution in [-0.2, 0) is 22.9 Å². The number of nitrogen functional groups attached to an aromatic ring is 1. The summed E-state index contributed by atoms with van der Waals surface area (Å²) in [6.07, 6.45) is 2.92. The predicted octanol–water partition coefficient (Wildman–Crippen LogP) is 1.89. The van der Waals surface area contributed by atoms with E-state index in [1.807, 2.05) is 6.07 Å². The summed E-state index contributed by atoms with van der Waals surface area (Å²) in [7, 11) is -3.79. The van der Waals surface area contributed by atoms with Crippen LogP contribution >= 0.6 is 11.3 Å². The molecule has 21 heavy (non-hydrogen) atoms. The van der Waals surface area contributed by atoms with Gasteiger partial charge in [-0.05, 0) is 37.5 Å². The number of hydrogen-bond donors (Lipinski definition) is 2. The molecule has 0 fully saturated rings. The van der Waals surface area contributed by atoms with Gasteiger partial charge in [0.15, 0.2) is 5.13 Å². The van der Waals surface area contributed by atoms with Crippen LogP contribution in [0.1, 0.15) is 22.6 Å². The molecule has 0 aliphatic heterocycles. The number of nitrogens with two attached hydrogens (primary N) is 1. The molecule has 1 heterocycles. The van der Waals surface area contributed by atoms with E-state index in [1.165, 1.54) is 29.5 Å². The SMILES string of the molecule is N#Cc1ccc(S(=O)(=O)Nc2nc3c(s2)CCC3)c(N)c1. The lowest BCUT2D eigenvalue weighted by molar-refractivity contribution is 0.601. The molecule has 3 N–H and O–H groups in total. The predicted molar refractivity (Wildman–Crippen MR) is 80.5 cm³/mol. The quantitative estimate of drug-likeness (QED) is 0.839. The van der Waals surface area contributed by atoms with Crippen molar-refractivity contribution in [3.05, 3.63) is 34.3 Å². The molecule has 1 aliphatic rings. The monoisotopic (exact) mass is 320 g/mol. The van der Waals surface area contributed by atoms with Crippen molar-refractivity contribution in [2.45, 2.75) is 24.2 Å². The zero-order valence-electron chi connectivity index (χ0n) is 11.0. The number of rotatable bonds is 3. The minimum absolute atomic E-state index is 0.0446. The molecule has 0 amide bonds. The van der Waals surface area contributed by atoms with E-state index < -0.39 is 10.0 Å². The van der Waals surface area contributed by atoms with Crippen molar-refractivity contribution in [2.24, 2.45) is 0 Å². The Morgan fingerprint density at radius 1 is 1.38 bits per heavy atom. The number of sulfonamides is 1. The van der Waals surface area contributed by atoms with Gasteiger partial charge in [0.1, 0.15) is 4.90 Å². The molecule has 2 aromatic rings. The van der Waals surface area contributed by atoms with Crippen molar-refractivity contribution in [3.8, 4) is 6.07 Å². The lowest BCUT2D eigenvalue weighted by Crippen LogP contribution is -2.14. The van der Waals surface area contributed by atoms with E-state index in [-0.39, 0.29) is 10.6 Å². The van der Waals surface area contributed by atoms with Gasteiger partial charge in [-0.15, -0.1) is 11.3 Å². The fraction of sp³-hybridized carbons (Fsp3) is 0.231. The number of hydrogen-bond acceptors (Lipinski definition) is 6. The molecular formula is C13H12N4O2S2. The first-order valence-corrected chi connectivity index (χ1v) is 8.60. The Balaban J connectivity index is 1.91. The summed E-state index contributed by atoms with van der Waals surface area (Å²) in [4.78, 5) is 5.39. The van der Waals surface area contributed by atoms with E-state index in [9.17, 15) is 8.42 Å². The third-order valence-electron chi connectivity index (χ3n) is 3.25. The molecule has 0 saturated heterocycles. The van der Waals surface area contributed by atoms with Crippen LogP contribution in [0.25, 0.3) is 0 Å². The van der Waals surface area contributed by atoms with Gasteiger partial charge in [-0.1, -0.05) is 0 Å². The van der Waals surface area contributed by atoms with Gasteiger partial charge >= 0.3 is 0 Å². The molecule has 1 aromatic heterocycles. The molecule has 8 heteroatoms. The van der Waals surface area contributed by atoms with Gasteiger partial charge in [0.2, 0.25) is 0 Å². The Labute approximate surface area is 126 Å². The molecule has 3 rings (SSSR count). The van der Waals surface area contributed by atoms with Crippen LogP contribution < -0.4 is 10.5 Å². The molecule has 0 bridgehead atoms. The zero-order chi connectivity index (χ0) is 15.0. The Hall–Kier alpha value is -2.11. The number of nitrogens with one attached hydrogen (secondary N) is 1. The van der Waals surface area contributed by atoms with E-state index in [4.69, 9.17) is 11.0 Å². The minimum Gasteiger partial charge on any atom is -0.398 e. The van der Waals surface area contributed by atoms with E-state index >= 15 is 0 Å². The highest BCUT2D eigenvalue weighted by atomic mass is 32.2. The first-order valence-electron chi connectivity index (χ1n) is 6.30. The lowest BCUT2D eigenvalue weighted by Gasteiger charge is -2.08. The highest BCUT2D eigenvalue weighted by Gasteiger charge is 2.22. The average molecular weight is 320 g/mol. The van der Waals surface area contributed by atoms with E-state index in [0.29, 0.717) is 10.7 Å². The summed E-state index contributed by atoms with van der Waals surface area (Å²) in [5.74, 6) is 0. The Morgan fingerprint density at radius 3 is 2.86 bits per heavy atom. The number of anilines is 2. The van der Waals surface area contributed by atoms with Crippen molar-refractivity contribution < 1.29 is 8.42 Å². The molecule has 0 saturated carbocycles. The molecule has 1 aromatic carbocycles. The van der Waals surface area contributed by atoms with Gasteiger partial charge in [0.05, 0.1) is 23.0 Å². The molecule has 1 aliphatic carbocycles. The Kier molecular flexibility index (Phi) is 3.31. The minimum atomic E-state index is -3.79. The van der Waals surface area contributed by atoms with Crippen molar-refractivity contribution in [3.63, 3.8) is 0 Å². The summed E-state index contributed by atoms with van der Waals surface area (Å²) in [6.45, 7) is 0. The first kappa shape index (κ1) is 13.9. The van der Waals surface area contributed by atoms with Gasteiger partial charge in [0, 0.05) is 4.88 Å². The van der Waals surface area contributed by atoms with E-state index in [0.717, 1.165) is 29.8 Å². The van der Waals surface area contributed by atoms with Gasteiger partial charge < -0.3 is 5.73 Å². The number of nitriles is 1. The number of benzene rings is 1. The number of aromatic nitrogens is 1. The second kappa shape index (κ2) is 5.02. The van der Waals surface area contributed by atoms with Gasteiger partial charge in [0.25, 0.3) is 10.0 Å². The number of nitrogens with zero attached hydrogens (tertiary/aromatic N) is 2. The summed E-state index contributed by atoms with van der Waals surface area (Å²) < 4.78 is 27.1. The summed E-state index contributed by atoms with van der Waals surface area (Å²) in [5.41, 5.74) is 7.07. The van der Waals surface area contributed by atoms with Crippen LogP contribution in [0.15, 0.2) is 23.1 Å². The molecule has 0 radical (unpaired) electrons. The first-order chi connectivity index (χ1) is 9.99. The van der Waals surface area contributed by atoms with Crippen molar-refractivity contribution in [1.82, 2.24) is 4.98 Å². The topological polar surface area (TPSA) is 109 Å². The van der Waals surface area contributed by atoms with Gasteiger partial charge in [-0.25, -0.2) is 13.4 Å². The summed E-state index contributed by atoms with van der Waals surface area (Å²) in [6, 6.07) is 6.01. The van der Waals surface area contributed by atoms with Crippen LogP contribution in [-0.4, -0.2) is 13.4 Å². The van der Waals surface area contributed by atoms with Crippen molar-refractivity contribution >= 4 is 32.2 Å². The maximum atomic E-state index is 12.3. The van der Waals surface area contributed by atoms with Crippen LogP contribution in [0.5, 0.6) is 0 Å². The number of aryl methyl sites for hydroxylation is 2. The van der Waals surface area contributed by atoms with Gasteiger partial charge in [-0.2, -0.15) is 5.26 Å².